The Balaban J connectivity index is 2.19. The van der Waals surface area contributed by atoms with E-state index in [0.29, 0.717) is 22.6 Å². The highest BCUT2D eigenvalue weighted by atomic mass is 16.5. The van der Waals surface area contributed by atoms with Crippen LogP contribution in [0, 0.1) is 6.92 Å². The highest BCUT2D eigenvalue weighted by Gasteiger charge is 2.03. The summed E-state index contributed by atoms with van der Waals surface area (Å²) in [5, 5.41) is 0. The third-order valence-corrected chi connectivity index (χ3v) is 2.74. The lowest BCUT2D eigenvalue weighted by Crippen LogP contribution is -2.10. The Labute approximate surface area is 110 Å². The zero-order valence-corrected chi connectivity index (χ0v) is 10.4. The quantitative estimate of drug-likeness (QED) is 0.854. The molecule has 2 rings (SSSR count). The molecule has 0 aromatic heterocycles. The molecule has 0 saturated heterocycles. The normalized spacial score (nSPS) is 9.95. The van der Waals surface area contributed by atoms with Gasteiger partial charge in [-0.2, -0.15) is 0 Å². The first-order chi connectivity index (χ1) is 9.10. The summed E-state index contributed by atoms with van der Waals surface area (Å²) in [5.74, 6) is 0.760. The molecule has 0 saturated carbocycles. The molecule has 0 unspecified atom stereocenters. The SMILES string of the molecule is Cc1cc(Oc2ccc(C(N)=O)cc2)ccc1C=O. The molecule has 19 heavy (non-hydrogen) atoms. The van der Waals surface area contributed by atoms with Gasteiger partial charge in [0.05, 0.1) is 0 Å². The average Bonchev–Trinajstić information content (AvgIpc) is 2.39. The average molecular weight is 255 g/mol. The van der Waals surface area contributed by atoms with Crippen molar-refractivity contribution >= 4 is 12.2 Å². The van der Waals surface area contributed by atoms with Crippen LogP contribution >= 0.6 is 0 Å². The number of aldehydes is 1. The predicted octanol–water partition coefficient (Wildman–Crippen LogP) is 2.70. The topological polar surface area (TPSA) is 69.4 Å². The van der Waals surface area contributed by atoms with Crippen LogP contribution in [0.2, 0.25) is 0 Å². The molecule has 0 bridgehead atoms. The molecule has 4 heteroatoms. The van der Waals surface area contributed by atoms with Gasteiger partial charge in [0.15, 0.2) is 0 Å². The molecule has 0 fully saturated rings. The number of benzene rings is 2. The van der Waals surface area contributed by atoms with E-state index in [0.717, 1.165) is 11.8 Å². The molecule has 0 spiro atoms. The molecule has 2 N–H and O–H groups in total. The molecule has 0 atom stereocenters. The van der Waals surface area contributed by atoms with Gasteiger partial charge >= 0.3 is 0 Å². The molecule has 0 aliphatic rings. The van der Waals surface area contributed by atoms with E-state index in [1.165, 1.54) is 0 Å². The van der Waals surface area contributed by atoms with Crippen molar-refractivity contribution in [3.63, 3.8) is 0 Å². The first-order valence-corrected chi connectivity index (χ1v) is 5.73. The van der Waals surface area contributed by atoms with Crippen molar-refractivity contribution in [2.45, 2.75) is 6.92 Å². The molecule has 2 aromatic rings. The molecular weight excluding hydrogens is 242 g/mol. The third kappa shape index (κ3) is 2.98. The number of nitrogens with two attached hydrogens (primary N) is 1. The molecule has 1 amide bonds. The summed E-state index contributed by atoms with van der Waals surface area (Å²) >= 11 is 0. The Morgan fingerprint density at radius 1 is 1.11 bits per heavy atom. The van der Waals surface area contributed by atoms with E-state index in [9.17, 15) is 9.59 Å². The van der Waals surface area contributed by atoms with Gasteiger partial charge < -0.3 is 10.5 Å². The molecular formula is C15H13NO3. The van der Waals surface area contributed by atoms with Gasteiger partial charge in [-0.1, -0.05) is 0 Å². The minimum absolute atomic E-state index is 0.430. The second-order valence-electron chi connectivity index (χ2n) is 4.13. The van der Waals surface area contributed by atoms with Crippen LogP contribution in [0.15, 0.2) is 42.5 Å². The van der Waals surface area contributed by atoms with Gasteiger partial charge in [0.25, 0.3) is 0 Å². The van der Waals surface area contributed by atoms with Crippen LogP contribution in [0.4, 0.5) is 0 Å². The fourth-order valence-corrected chi connectivity index (χ4v) is 1.67. The molecule has 4 nitrogen and oxygen atoms in total. The molecule has 0 aliphatic carbocycles. The summed E-state index contributed by atoms with van der Waals surface area (Å²) in [6, 6.07) is 11.8. The molecule has 0 heterocycles. The Kier molecular flexibility index (Phi) is 3.61. The number of carbonyl (C=O) groups excluding carboxylic acids is 2. The minimum atomic E-state index is -0.474. The van der Waals surface area contributed by atoms with Crippen molar-refractivity contribution in [2.75, 3.05) is 0 Å². The lowest BCUT2D eigenvalue weighted by atomic mass is 10.1. The number of ether oxygens (including phenoxy) is 1. The lowest BCUT2D eigenvalue weighted by molar-refractivity contribution is 0.1000. The van der Waals surface area contributed by atoms with Crippen molar-refractivity contribution < 1.29 is 14.3 Å². The van der Waals surface area contributed by atoms with E-state index < -0.39 is 5.91 Å². The Morgan fingerprint density at radius 2 is 1.74 bits per heavy atom. The number of hydrogen-bond acceptors (Lipinski definition) is 3. The van der Waals surface area contributed by atoms with E-state index in [2.05, 4.69) is 0 Å². The molecule has 96 valence electrons. The van der Waals surface area contributed by atoms with Crippen molar-refractivity contribution in [3.05, 3.63) is 59.2 Å². The van der Waals surface area contributed by atoms with Crippen LogP contribution in [-0.2, 0) is 0 Å². The van der Waals surface area contributed by atoms with Gasteiger partial charge in [-0.15, -0.1) is 0 Å². The summed E-state index contributed by atoms with van der Waals surface area (Å²) in [5.41, 5.74) is 7.07. The fourth-order valence-electron chi connectivity index (χ4n) is 1.67. The van der Waals surface area contributed by atoms with Gasteiger partial charge in [-0.3, -0.25) is 9.59 Å². The van der Waals surface area contributed by atoms with Gasteiger partial charge in [0, 0.05) is 11.1 Å². The third-order valence-electron chi connectivity index (χ3n) is 2.74. The highest BCUT2D eigenvalue weighted by Crippen LogP contribution is 2.23. The number of hydrogen-bond donors (Lipinski definition) is 1. The number of carbonyl (C=O) groups is 2. The van der Waals surface area contributed by atoms with E-state index in [1.807, 2.05) is 6.92 Å². The van der Waals surface area contributed by atoms with Crippen LogP contribution in [0.5, 0.6) is 11.5 Å². The van der Waals surface area contributed by atoms with Crippen molar-refractivity contribution in [2.24, 2.45) is 5.73 Å². The van der Waals surface area contributed by atoms with Crippen LogP contribution in [0.3, 0.4) is 0 Å². The standard InChI is InChI=1S/C15H13NO3/c1-10-8-14(7-4-12(10)9-17)19-13-5-2-11(3-6-13)15(16)18/h2-9H,1H3,(H2,16,18). The number of rotatable bonds is 4. The van der Waals surface area contributed by atoms with Crippen molar-refractivity contribution in [1.29, 1.82) is 0 Å². The van der Waals surface area contributed by atoms with Crippen LogP contribution in [-0.4, -0.2) is 12.2 Å². The second-order valence-corrected chi connectivity index (χ2v) is 4.13. The van der Waals surface area contributed by atoms with E-state index in [4.69, 9.17) is 10.5 Å². The Hall–Kier alpha value is -2.62. The van der Waals surface area contributed by atoms with Gasteiger partial charge in [0.2, 0.25) is 5.91 Å². The van der Waals surface area contributed by atoms with Crippen molar-refractivity contribution in [3.8, 4) is 11.5 Å². The maximum atomic E-state index is 10.9. The Morgan fingerprint density at radius 3 is 2.26 bits per heavy atom. The molecule has 2 aromatic carbocycles. The largest absolute Gasteiger partial charge is 0.457 e. The maximum Gasteiger partial charge on any atom is 0.248 e. The fraction of sp³-hybridized carbons (Fsp3) is 0.0667. The smallest absolute Gasteiger partial charge is 0.248 e. The lowest BCUT2D eigenvalue weighted by Gasteiger charge is -2.07. The maximum absolute atomic E-state index is 10.9. The number of primary amides is 1. The highest BCUT2D eigenvalue weighted by molar-refractivity contribution is 5.92. The summed E-state index contributed by atoms with van der Waals surface area (Å²) in [7, 11) is 0. The van der Waals surface area contributed by atoms with E-state index >= 15 is 0 Å². The van der Waals surface area contributed by atoms with E-state index in [1.54, 1.807) is 42.5 Å². The molecule has 0 radical (unpaired) electrons. The Bertz CT molecular complexity index is 618. The van der Waals surface area contributed by atoms with Gasteiger partial charge in [0.1, 0.15) is 17.8 Å². The summed E-state index contributed by atoms with van der Waals surface area (Å²) in [6.07, 6.45) is 0.806. The van der Waals surface area contributed by atoms with Crippen molar-refractivity contribution in [1.82, 2.24) is 0 Å². The van der Waals surface area contributed by atoms with Gasteiger partial charge in [-0.25, -0.2) is 0 Å². The summed E-state index contributed by atoms with van der Waals surface area (Å²) in [4.78, 5) is 21.6. The van der Waals surface area contributed by atoms with Crippen LogP contribution < -0.4 is 10.5 Å². The molecule has 0 aliphatic heterocycles. The zero-order valence-electron chi connectivity index (χ0n) is 10.4. The summed E-state index contributed by atoms with van der Waals surface area (Å²) < 4.78 is 5.63. The number of amides is 1. The number of aryl methyl sites for hydroxylation is 1. The van der Waals surface area contributed by atoms with Crippen LogP contribution in [0.1, 0.15) is 26.3 Å². The first kappa shape index (κ1) is 12.8. The predicted molar refractivity (Wildman–Crippen MR) is 71.6 cm³/mol. The van der Waals surface area contributed by atoms with Gasteiger partial charge in [-0.05, 0) is 55.0 Å². The summed E-state index contributed by atoms with van der Waals surface area (Å²) in [6.45, 7) is 1.84. The second kappa shape index (κ2) is 5.35. The zero-order chi connectivity index (χ0) is 13.8. The van der Waals surface area contributed by atoms with E-state index in [-0.39, 0.29) is 0 Å². The monoisotopic (exact) mass is 255 g/mol. The first-order valence-electron chi connectivity index (χ1n) is 5.73. The van der Waals surface area contributed by atoms with Crippen LogP contribution in [0.25, 0.3) is 0 Å². The minimum Gasteiger partial charge on any atom is -0.457 e.